The summed E-state index contributed by atoms with van der Waals surface area (Å²) in [6.07, 6.45) is 0. The number of aromatic nitrogens is 2. The van der Waals surface area contributed by atoms with Crippen LogP contribution >= 0.6 is 0 Å². The van der Waals surface area contributed by atoms with Crippen LogP contribution < -0.4 is 0 Å². The second-order valence-electron chi connectivity index (χ2n) is 14.5. The van der Waals surface area contributed by atoms with E-state index in [1.807, 2.05) is 36.4 Å². The number of hydrogen-bond acceptors (Lipinski definition) is 3. The molecule has 0 bridgehead atoms. The van der Waals surface area contributed by atoms with Gasteiger partial charge >= 0.3 is 0 Å². The summed E-state index contributed by atoms with van der Waals surface area (Å²) in [6.45, 7) is 0. The molecule has 56 heavy (non-hydrogen) atoms. The molecule has 8 aromatic carbocycles. The van der Waals surface area contributed by atoms with Gasteiger partial charge in [0.25, 0.3) is 0 Å². The van der Waals surface area contributed by atoms with Gasteiger partial charge in [-0.1, -0.05) is 182 Å². The Labute approximate surface area is 325 Å². The zero-order valence-corrected chi connectivity index (χ0v) is 30.4. The van der Waals surface area contributed by atoms with Crippen molar-refractivity contribution in [2.45, 2.75) is 5.41 Å². The maximum absolute atomic E-state index is 7.00. The molecule has 3 heteroatoms. The quantitative estimate of drug-likeness (QED) is 0.172. The van der Waals surface area contributed by atoms with Crippen LogP contribution in [-0.4, -0.2) is 9.97 Å². The van der Waals surface area contributed by atoms with Crippen LogP contribution in [0.2, 0.25) is 0 Å². The first-order valence-corrected chi connectivity index (χ1v) is 19.1. The fourth-order valence-electron chi connectivity index (χ4n) is 8.87. The van der Waals surface area contributed by atoms with Gasteiger partial charge in [-0.15, -0.1) is 0 Å². The Balaban J connectivity index is 1.09. The van der Waals surface area contributed by atoms with Crippen molar-refractivity contribution in [3.05, 3.63) is 229 Å². The lowest BCUT2D eigenvalue weighted by Crippen LogP contribution is -2.28. The van der Waals surface area contributed by atoms with Crippen molar-refractivity contribution in [1.29, 1.82) is 0 Å². The number of hydrogen-bond donors (Lipinski definition) is 0. The first-order chi connectivity index (χ1) is 27.8. The molecule has 0 N–H and O–H groups in total. The van der Waals surface area contributed by atoms with Gasteiger partial charge in [0, 0.05) is 33.0 Å². The van der Waals surface area contributed by atoms with Crippen LogP contribution in [0.1, 0.15) is 22.3 Å². The summed E-state index contributed by atoms with van der Waals surface area (Å²) in [5.74, 6) is 0.698. The van der Waals surface area contributed by atoms with E-state index in [0.29, 0.717) is 5.82 Å². The highest BCUT2D eigenvalue weighted by Gasteiger charge is 2.46. The Morgan fingerprint density at radius 2 is 0.911 bits per heavy atom. The van der Waals surface area contributed by atoms with Crippen LogP contribution in [0.3, 0.4) is 0 Å². The van der Waals surface area contributed by atoms with Crippen molar-refractivity contribution in [2.75, 3.05) is 0 Å². The fourth-order valence-corrected chi connectivity index (χ4v) is 8.87. The van der Waals surface area contributed by atoms with E-state index < -0.39 is 5.41 Å². The van der Waals surface area contributed by atoms with Crippen LogP contribution in [0.5, 0.6) is 0 Å². The molecule has 10 aromatic rings. The van der Waals surface area contributed by atoms with Gasteiger partial charge in [0.15, 0.2) is 5.82 Å². The van der Waals surface area contributed by atoms with Crippen LogP contribution in [0, 0.1) is 0 Å². The molecule has 0 radical (unpaired) electrons. The minimum absolute atomic E-state index is 0.493. The summed E-state index contributed by atoms with van der Waals surface area (Å²) in [6, 6.07) is 73.1. The predicted octanol–water partition coefficient (Wildman–Crippen LogP) is 13.4. The zero-order valence-electron chi connectivity index (χ0n) is 30.4. The molecule has 0 fully saturated rings. The molecule has 0 spiro atoms. The molecule has 0 amide bonds. The molecule has 1 aliphatic rings. The molecule has 11 rings (SSSR count). The van der Waals surface area contributed by atoms with Gasteiger partial charge in [0.1, 0.15) is 11.2 Å². The van der Waals surface area contributed by atoms with E-state index in [2.05, 4.69) is 170 Å². The molecule has 0 saturated carbocycles. The largest absolute Gasteiger partial charge is 0.455 e. The maximum atomic E-state index is 7.00. The number of benzene rings is 8. The van der Waals surface area contributed by atoms with Gasteiger partial charge in [0.05, 0.1) is 16.8 Å². The van der Waals surface area contributed by atoms with Crippen LogP contribution in [-0.2, 0) is 5.41 Å². The Kier molecular flexibility index (Phi) is 7.39. The van der Waals surface area contributed by atoms with Crippen LogP contribution in [0.15, 0.2) is 211 Å². The van der Waals surface area contributed by atoms with E-state index in [-0.39, 0.29) is 0 Å². The standard InChI is InChI=1S/C53H34N2O/c1-5-17-35(18-6-1)48-34-49(55-52(54-48)36-19-7-2-8-20-36)38-22-15-21-37(31-38)41-28-16-29-43-45-32-44-42-27-13-14-30-46(42)53(39-23-9-3-10-24-39,40-25-11-4-12-26-40)47(44)33-50(45)56-51(41)43/h1-34H. The van der Waals surface area contributed by atoms with Crippen molar-refractivity contribution in [2.24, 2.45) is 0 Å². The van der Waals surface area contributed by atoms with Crippen molar-refractivity contribution in [3.63, 3.8) is 0 Å². The second-order valence-corrected chi connectivity index (χ2v) is 14.5. The first-order valence-electron chi connectivity index (χ1n) is 19.1. The van der Waals surface area contributed by atoms with Gasteiger partial charge in [-0.3, -0.25) is 0 Å². The Morgan fingerprint density at radius 1 is 0.357 bits per heavy atom. The van der Waals surface area contributed by atoms with E-state index in [1.165, 1.54) is 33.4 Å². The van der Waals surface area contributed by atoms with Crippen molar-refractivity contribution in [3.8, 4) is 56.2 Å². The lowest BCUT2D eigenvalue weighted by molar-refractivity contribution is 0.667. The number of para-hydroxylation sites is 1. The number of nitrogens with zero attached hydrogens (tertiary/aromatic N) is 2. The Morgan fingerprint density at radius 3 is 1.62 bits per heavy atom. The molecule has 0 saturated heterocycles. The summed E-state index contributed by atoms with van der Waals surface area (Å²) in [7, 11) is 0. The fraction of sp³-hybridized carbons (Fsp3) is 0.0189. The topological polar surface area (TPSA) is 38.9 Å². The van der Waals surface area contributed by atoms with E-state index in [4.69, 9.17) is 14.4 Å². The number of rotatable bonds is 6. The smallest absolute Gasteiger partial charge is 0.160 e. The lowest BCUT2D eigenvalue weighted by atomic mass is 9.67. The average molecular weight is 715 g/mol. The van der Waals surface area contributed by atoms with E-state index in [9.17, 15) is 0 Å². The van der Waals surface area contributed by atoms with Gasteiger partial charge < -0.3 is 4.42 Å². The van der Waals surface area contributed by atoms with Crippen LogP contribution in [0.25, 0.3) is 78.1 Å². The SMILES string of the molecule is c1ccc(-c2cc(-c3cccc(-c4cccc5c4oc4cc6c(cc45)-c4ccccc4C6(c4ccccc4)c4ccccc4)c3)nc(-c3ccccc3)n2)cc1. The minimum atomic E-state index is -0.493. The second kappa shape index (κ2) is 12.9. The normalized spacial score (nSPS) is 12.8. The summed E-state index contributed by atoms with van der Waals surface area (Å²) >= 11 is 0. The molecule has 3 nitrogen and oxygen atoms in total. The van der Waals surface area contributed by atoms with Crippen molar-refractivity contribution >= 4 is 21.9 Å². The molecule has 0 atom stereocenters. The number of furan rings is 1. The summed E-state index contributed by atoms with van der Waals surface area (Å²) in [4.78, 5) is 10.1. The Bertz CT molecular complexity index is 2960. The Hall–Kier alpha value is -7.36. The van der Waals surface area contributed by atoms with E-state index >= 15 is 0 Å². The molecule has 0 unspecified atom stereocenters. The molecule has 2 aromatic heterocycles. The number of fused-ring (bicyclic) bond motifs is 6. The predicted molar refractivity (Wildman–Crippen MR) is 228 cm³/mol. The molecule has 0 aliphatic heterocycles. The highest BCUT2D eigenvalue weighted by atomic mass is 16.3. The molecular formula is C53H34N2O. The zero-order chi connectivity index (χ0) is 37.1. The highest BCUT2D eigenvalue weighted by Crippen LogP contribution is 2.57. The van der Waals surface area contributed by atoms with Crippen molar-refractivity contribution in [1.82, 2.24) is 9.97 Å². The van der Waals surface area contributed by atoms with Crippen LogP contribution in [0.4, 0.5) is 0 Å². The summed E-state index contributed by atoms with van der Waals surface area (Å²) in [5.41, 5.74) is 15.6. The highest BCUT2D eigenvalue weighted by molar-refractivity contribution is 6.12. The van der Waals surface area contributed by atoms with E-state index in [1.54, 1.807) is 0 Å². The van der Waals surface area contributed by atoms with Gasteiger partial charge in [-0.2, -0.15) is 0 Å². The molecule has 2 heterocycles. The summed E-state index contributed by atoms with van der Waals surface area (Å²) in [5, 5.41) is 2.21. The average Bonchev–Trinajstić information content (AvgIpc) is 3.79. The minimum Gasteiger partial charge on any atom is -0.455 e. The van der Waals surface area contributed by atoms with Crippen molar-refractivity contribution < 1.29 is 4.42 Å². The van der Waals surface area contributed by atoms with Gasteiger partial charge in [-0.05, 0) is 63.2 Å². The van der Waals surface area contributed by atoms with E-state index in [0.717, 1.165) is 61.1 Å². The lowest BCUT2D eigenvalue weighted by Gasteiger charge is -2.33. The third kappa shape index (κ3) is 4.98. The first kappa shape index (κ1) is 32.1. The molecule has 262 valence electrons. The maximum Gasteiger partial charge on any atom is 0.160 e. The van der Waals surface area contributed by atoms with Gasteiger partial charge in [-0.25, -0.2) is 9.97 Å². The summed E-state index contributed by atoms with van der Waals surface area (Å²) < 4.78 is 7.00. The third-order valence-electron chi connectivity index (χ3n) is 11.4. The monoisotopic (exact) mass is 714 g/mol. The van der Waals surface area contributed by atoms with Gasteiger partial charge in [0.2, 0.25) is 0 Å². The molecule has 1 aliphatic carbocycles. The molecular weight excluding hydrogens is 681 g/mol. The third-order valence-corrected chi connectivity index (χ3v) is 11.4.